The molecular weight excluding hydrogens is 305 g/mol. The lowest BCUT2D eigenvalue weighted by molar-refractivity contribution is -0.142. The van der Waals surface area contributed by atoms with Crippen molar-refractivity contribution in [2.45, 2.75) is 25.2 Å². The monoisotopic (exact) mass is 329 g/mol. The smallest absolute Gasteiger partial charge is 0.318 e. The van der Waals surface area contributed by atoms with E-state index in [9.17, 15) is 14.3 Å². The molecule has 0 spiro atoms. The Morgan fingerprint density at radius 1 is 1.08 bits per heavy atom. The van der Waals surface area contributed by atoms with Gasteiger partial charge in [-0.25, -0.2) is 4.39 Å². The minimum Gasteiger partial charge on any atom is -0.480 e. The first-order valence-corrected chi connectivity index (χ1v) is 8.15. The third-order valence-electron chi connectivity index (χ3n) is 4.49. The van der Waals surface area contributed by atoms with Crippen molar-refractivity contribution in [3.8, 4) is 0 Å². The predicted molar refractivity (Wildman–Crippen MR) is 93.8 cm³/mol. The van der Waals surface area contributed by atoms with Gasteiger partial charge >= 0.3 is 5.97 Å². The lowest BCUT2D eigenvalue weighted by Crippen LogP contribution is -2.41. The zero-order valence-corrected chi connectivity index (χ0v) is 14.4. The molecule has 0 saturated carbocycles. The third kappa shape index (κ3) is 3.34. The van der Waals surface area contributed by atoms with Crippen LogP contribution in [0.15, 0.2) is 48.5 Å². The van der Waals surface area contributed by atoms with Crippen molar-refractivity contribution in [2.75, 3.05) is 20.6 Å². The van der Waals surface area contributed by atoms with Gasteiger partial charge in [0.25, 0.3) is 0 Å². The Bertz CT molecular complexity index is 714. The Kier molecular flexibility index (Phi) is 5.73. The highest BCUT2D eigenvalue weighted by Crippen LogP contribution is 2.39. The molecule has 0 saturated heterocycles. The maximum absolute atomic E-state index is 14.6. The van der Waals surface area contributed by atoms with Crippen molar-refractivity contribution in [3.63, 3.8) is 0 Å². The highest BCUT2D eigenvalue weighted by Gasteiger charge is 2.44. The van der Waals surface area contributed by atoms with Crippen molar-refractivity contribution in [1.82, 2.24) is 4.90 Å². The highest BCUT2D eigenvalue weighted by atomic mass is 19.1. The molecule has 3 nitrogen and oxygen atoms in total. The van der Waals surface area contributed by atoms with Gasteiger partial charge in [0, 0.05) is 5.56 Å². The van der Waals surface area contributed by atoms with Crippen molar-refractivity contribution in [3.05, 3.63) is 71.0 Å². The molecule has 2 aromatic rings. The lowest BCUT2D eigenvalue weighted by atomic mass is 9.69. The van der Waals surface area contributed by atoms with Gasteiger partial charge in [-0.05, 0) is 50.7 Å². The zero-order valence-electron chi connectivity index (χ0n) is 14.4. The number of aryl methyl sites for hydroxylation is 1. The normalized spacial score (nSPS) is 13.7. The van der Waals surface area contributed by atoms with Gasteiger partial charge in [-0.1, -0.05) is 49.4 Å². The molecular formula is C20H24FNO2. The number of benzene rings is 2. The van der Waals surface area contributed by atoms with Gasteiger partial charge in [-0.2, -0.15) is 0 Å². The van der Waals surface area contributed by atoms with Crippen molar-refractivity contribution in [2.24, 2.45) is 0 Å². The number of hydrogen-bond acceptors (Lipinski definition) is 2. The second-order valence-electron chi connectivity index (χ2n) is 6.25. The number of carboxylic acid groups (broad SMARTS) is 1. The van der Waals surface area contributed by atoms with E-state index in [2.05, 4.69) is 0 Å². The molecule has 1 unspecified atom stereocenters. The first-order valence-electron chi connectivity index (χ1n) is 8.15. The van der Waals surface area contributed by atoms with Crippen LogP contribution in [0.2, 0.25) is 0 Å². The summed E-state index contributed by atoms with van der Waals surface area (Å²) >= 11 is 0. The van der Waals surface area contributed by atoms with Gasteiger partial charge in [0.05, 0.1) is 0 Å². The van der Waals surface area contributed by atoms with Crippen LogP contribution in [-0.2, 0) is 16.6 Å². The van der Waals surface area contributed by atoms with E-state index in [1.165, 1.54) is 6.07 Å². The molecule has 2 aromatic carbocycles. The number of carboxylic acids is 1. The molecule has 0 aliphatic carbocycles. The standard InChI is InChI=1S/C20H24FNO2/c1-4-15-9-5-6-10-16(15)20(19(23)24,13-14-22(2)3)17-11-7-8-12-18(17)21/h5-12H,4,13-14H2,1-3H3,(H,23,24). The van der Waals surface area contributed by atoms with E-state index in [0.29, 0.717) is 24.9 Å². The number of hydrogen-bond donors (Lipinski definition) is 1. The summed E-state index contributed by atoms with van der Waals surface area (Å²) in [6.45, 7) is 2.53. The van der Waals surface area contributed by atoms with Crippen LogP contribution in [0.4, 0.5) is 4.39 Å². The van der Waals surface area contributed by atoms with Gasteiger partial charge in [0.1, 0.15) is 11.2 Å². The van der Waals surface area contributed by atoms with E-state index in [0.717, 1.165) is 5.56 Å². The molecule has 0 fully saturated rings. The Hall–Kier alpha value is -2.20. The summed E-state index contributed by atoms with van der Waals surface area (Å²) in [7, 11) is 3.78. The fourth-order valence-electron chi connectivity index (χ4n) is 3.20. The Morgan fingerprint density at radius 3 is 2.21 bits per heavy atom. The molecule has 128 valence electrons. The molecule has 0 radical (unpaired) electrons. The third-order valence-corrected chi connectivity index (χ3v) is 4.49. The molecule has 0 amide bonds. The second-order valence-corrected chi connectivity index (χ2v) is 6.25. The number of nitrogens with zero attached hydrogens (tertiary/aromatic N) is 1. The average molecular weight is 329 g/mol. The van der Waals surface area contributed by atoms with E-state index in [1.54, 1.807) is 18.2 Å². The molecule has 0 heterocycles. The first kappa shape index (κ1) is 18.1. The van der Waals surface area contributed by atoms with Crippen LogP contribution in [0.5, 0.6) is 0 Å². The lowest BCUT2D eigenvalue weighted by Gasteiger charge is -2.33. The van der Waals surface area contributed by atoms with Gasteiger partial charge in [-0.15, -0.1) is 0 Å². The predicted octanol–water partition coefficient (Wildman–Crippen LogP) is 3.71. The van der Waals surface area contributed by atoms with E-state index >= 15 is 0 Å². The van der Waals surface area contributed by atoms with Gasteiger partial charge in [0.15, 0.2) is 0 Å². The Balaban J connectivity index is 2.76. The fourth-order valence-corrected chi connectivity index (χ4v) is 3.20. The maximum Gasteiger partial charge on any atom is 0.318 e. The molecule has 2 rings (SSSR count). The molecule has 0 aliphatic heterocycles. The molecule has 4 heteroatoms. The van der Waals surface area contributed by atoms with Crippen LogP contribution in [0.3, 0.4) is 0 Å². The second kappa shape index (κ2) is 7.58. The molecule has 0 aliphatic rings. The molecule has 1 N–H and O–H groups in total. The van der Waals surface area contributed by atoms with Crippen LogP contribution in [-0.4, -0.2) is 36.6 Å². The summed E-state index contributed by atoms with van der Waals surface area (Å²) in [6, 6.07) is 13.6. The van der Waals surface area contributed by atoms with Gasteiger partial charge in [-0.3, -0.25) is 4.79 Å². The van der Waals surface area contributed by atoms with E-state index < -0.39 is 17.2 Å². The van der Waals surface area contributed by atoms with Crippen molar-refractivity contribution in [1.29, 1.82) is 0 Å². The summed E-state index contributed by atoms with van der Waals surface area (Å²) in [5.74, 6) is -1.50. The SMILES string of the molecule is CCc1ccccc1C(CCN(C)C)(C(=O)O)c1ccccc1F. The van der Waals surface area contributed by atoms with Crippen LogP contribution in [0, 0.1) is 5.82 Å². The Labute approximate surface area is 142 Å². The van der Waals surface area contributed by atoms with Crippen LogP contribution >= 0.6 is 0 Å². The molecule has 1 atom stereocenters. The molecule has 0 aromatic heterocycles. The highest BCUT2D eigenvalue weighted by molar-refractivity contribution is 5.86. The summed E-state index contributed by atoms with van der Waals surface area (Å²) < 4.78 is 14.6. The van der Waals surface area contributed by atoms with E-state index in [1.807, 2.05) is 50.2 Å². The van der Waals surface area contributed by atoms with Crippen LogP contribution in [0.25, 0.3) is 0 Å². The van der Waals surface area contributed by atoms with Crippen LogP contribution < -0.4 is 0 Å². The minimum absolute atomic E-state index is 0.222. The largest absolute Gasteiger partial charge is 0.480 e. The molecule has 24 heavy (non-hydrogen) atoms. The summed E-state index contributed by atoms with van der Waals surface area (Å²) in [4.78, 5) is 14.4. The number of carbonyl (C=O) groups is 1. The van der Waals surface area contributed by atoms with Gasteiger partial charge < -0.3 is 10.0 Å². The maximum atomic E-state index is 14.6. The average Bonchev–Trinajstić information content (AvgIpc) is 2.56. The summed E-state index contributed by atoms with van der Waals surface area (Å²) in [5, 5.41) is 10.2. The molecule has 0 bridgehead atoms. The summed E-state index contributed by atoms with van der Waals surface area (Å²) in [6.07, 6.45) is 0.995. The first-order chi connectivity index (χ1) is 11.4. The fraction of sp³-hybridized carbons (Fsp3) is 0.350. The van der Waals surface area contributed by atoms with E-state index in [4.69, 9.17) is 0 Å². The Morgan fingerprint density at radius 2 is 1.67 bits per heavy atom. The van der Waals surface area contributed by atoms with E-state index in [-0.39, 0.29) is 5.56 Å². The number of aliphatic carboxylic acids is 1. The minimum atomic E-state index is -1.40. The van der Waals surface area contributed by atoms with Crippen LogP contribution in [0.1, 0.15) is 30.0 Å². The van der Waals surface area contributed by atoms with Gasteiger partial charge in [0.2, 0.25) is 0 Å². The zero-order chi connectivity index (χ0) is 17.7. The van der Waals surface area contributed by atoms with Crippen molar-refractivity contribution >= 4 is 5.97 Å². The number of rotatable bonds is 7. The number of halogens is 1. The van der Waals surface area contributed by atoms with Crippen molar-refractivity contribution < 1.29 is 14.3 Å². The quantitative estimate of drug-likeness (QED) is 0.842. The topological polar surface area (TPSA) is 40.5 Å². The summed E-state index contributed by atoms with van der Waals surface area (Å²) in [5.41, 5.74) is 0.427.